The van der Waals surface area contributed by atoms with E-state index in [0.717, 1.165) is 11.1 Å². The fourth-order valence-electron chi connectivity index (χ4n) is 3.60. The van der Waals surface area contributed by atoms with Gasteiger partial charge in [0, 0.05) is 40.7 Å². The van der Waals surface area contributed by atoms with Crippen LogP contribution in [0.2, 0.25) is 10.0 Å². The SMILES string of the molecule is COc1ccc(-c2noc(CCN(Cc3ccccc3)C(=O)c3cc(Cl)cc(Cl)c3)n2)cc1OC. The van der Waals surface area contributed by atoms with Crippen LogP contribution in [0.5, 0.6) is 11.5 Å². The molecular weight excluding hydrogens is 489 g/mol. The summed E-state index contributed by atoms with van der Waals surface area (Å²) in [6, 6.07) is 19.9. The van der Waals surface area contributed by atoms with Gasteiger partial charge in [-0.1, -0.05) is 58.7 Å². The van der Waals surface area contributed by atoms with Crippen molar-refractivity contribution in [3.63, 3.8) is 0 Å². The van der Waals surface area contributed by atoms with Gasteiger partial charge in [0.15, 0.2) is 11.5 Å². The minimum absolute atomic E-state index is 0.196. The van der Waals surface area contributed by atoms with E-state index in [1.54, 1.807) is 49.5 Å². The first-order valence-electron chi connectivity index (χ1n) is 10.8. The van der Waals surface area contributed by atoms with Crippen LogP contribution in [-0.4, -0.2) is 41.7 Å². The van der Waals surface area contributed by atoms with E-state index >= 15 is 0 Å². The van der Waals surface area contributed by atoms with Crippen molar-refractivity contribution in [2.75, 3.05) is 20.8 Å². The summed E-state index contributed by atoms with van der Waals surface area (Å²) >= 11 is 12.3. The normalized spacial score (nSPS) is 10.7. The maximum atomic E-state index is 13.3. The molecule has 0 saturated heterocycles. The molecule has 0 atom stereocenters. The van der Waals surface area contributed by atoms with Gasteiger partial charge in [-0.3, -0.25) is 4.79 Å². The molecule has 3 aromatic carbocycles. The summed E-state index contributed by atoms with van der Waals surface area (Å²) in [4.78, 5) is 19.6. The summed E-state index contributed by atoms with van der Waals surface area (Å²) < 4.78 is 16.1. The molecule has 180 valence electrons. The van der Waals surface area contributed by atoms with E-state index in [9.17, 15) is 4.79 Å². The molecule has 0 N–H and O–H groups in total. The van der Waals surface area contributed by atoms with Crippen LogP contribution < -0.4 is 9.47 Å². The molecule has 0 bridgehead atoms. The van der Waals surface area contributed by atoms with Gasteiger partial charge < -0.3 is 18.9 Å². The van der Waals surface area contributed by atoms with Crippen LogP contribution in [0.1, 0.15) is 21.8 Å². The number of methoxy groups -OCH3 is 2. The fraction of sp³-hybridized carbons (Fsp3) is 0.192. The Kier molecular flexibility index (Phi) is 7.90. The molecule has 0 aliphatic heterocycles. The van der Waals surface area contributed by atoms with E-state index in [-0.39, 0.29) is 5.91 Å². The van der Waals surface area contributed by atoms with Gasteiger partial charge in [-0.05, 0) is 42.0 Å². The van der Waals surface area contributed by atoms with Crippen molar-refractivity contribution in [1.29, 1.82) is 0 Å². The summed E-state index contributed by atoms with van der Waals surface area (Å²) in [6.07, 6.45) is 0.368. The Hall–Kier alpha value is -3.55. The average molecular weight is 512 g/mol. The van der Waals surface area contributed by atoms with Crippen LogP contribution in [0.15, 0.2) is 71.3 Å². The second kappa shape index (κ2) is 11.3. The van der Waals surface area contributed by atoms with Gasteiger partial charge in [0.2, 0.25) is 11.7 Å². The van der Waals surface area contributed by atoms with Crippen molar-refractivity contribution in [1.82, 2.24) is 15.0 Å². The van der Waals surface area contributed by atoms with Crippen LogP contribution in [0.25, 0.3) is 11.4 Å². The van der Waals surface area contributed by atoms with Crippen molar-refractivity contribution in [2.45, 2.75) is 13.0 Å². The Bertz CT molecular complexity index is 1290. The highest BCUT2D eigenvalue weighted by atomic mass is 35.5. The maximum Gasteiger partial charge on any atom is 0.254 e. The van der Waals surface area contributed by atoms with Gasteiger partial charge in [-0.25, -0.2) is 0 Å². The second-order valence-electron chi connectivity index (χ2n) is 7.70. The first-order chi connectivity index (χ1) is 17.0. The third-order valence-electron chi connectivity index (χ3n) is 5.32. The molecule has 1 aromatic heterocycles. The quantitative estimate of drug-likeness (QED) is 0.276. The lowest BCUT2D eigenvalue weighted by molar-refractivity contribution is 0.0741. The number of ether oxygens (including phenoxy) is 2. The maximum absolute atomic E-state index is 13.3. The number of aromatic nitrogens is 2. The van der Waals surface area contributed by atoms with E-state index in [1.807, 2.05) is 36.4 Å². The molecule has 0 radical (unpaired) electrons. The zero-order chi connectivity index (χ0) is 24.8. The predicted octanol–water partition coefficient (Wildman–Crippen LogP) is 5.95. The molecule has 0 aliphatic rings. The highest BCUT2D eigenvalue weighted by molar-refractivity contribution is 6.35. The zero-order valence-electron chi connectivity index (χ0n) is 19.2. The first-order valence-corrected chi connectivity index (χ1v) is 11.6. The molecule has 0 saturated carbocycles. The summed E-state index contributed by atoms with van der Waals surface area (Å²) in [7, 11) is 3.14. The molecule has 7 nitrogen and oxygen atoms in total. The van der Waals surface area contributed by atoms with Gasteiger partial charge in [0.25, 0.3) is 5.91 Å². The van der Waals surface area contributed by atoms with Gasteiger partial charge in [0.1, 0.15) is 0 Å². The summed E-state index contributed by atoms with van der Waals surface area (Å²) in [5, 5.41) is 4.88. The molecular formula is C26H23Cl2N3O4. The lowest BCUT2D eigenvalue weighted by Gasteiger charge is -2.22. The fourth-order valence-corrected chi connectivity index (χ4v) is 4.12. The molecule has 0 aliphatic carbocycles. The lowest BCUT2D eigenvalue weighted by atomic mass is 10.1. The number of carbonyl (C=O) groups is 1. The second-order valence-corrected chi connectivity index (χ2v) is 8.57. The Labute approximate surface area is 213 Å². The van der Waals surface area contributed by atoms with E-state index < -0.39 is 0 Å². The lowest BCUT2D eigenvalue weighted by Crippen LogP contribution is -2.32. The predicted molar refractivity (Wildman–Crippen MR) is 134 cm³/mol. The number of nitrogens with zero attached hydrogens (tertiary/aromatic N) is 3. The Morgan fingerprint density at radius 2 is 1.66 bits per heavy atom. The number of halogens is 2. The molecule has 0 spiro atoms. The van der Waals surface area contributed by atoms with Crippen molar-refractivity contribution < 1.29 is 18.8 Å². The number of rotatable bonds is 9. The standard InChI is InChI=1S/C26H23Cl2N3O4/c1-33-22-9-8-18(14-23(22)34-2)25-29-24(35-30-25)10-11-31(16-17-6-4-3-5-7-17)26(32)19-12-20(27)15-21(28)13-19/h3-9,12-15H,10-11,16H2,1-2H3. The van der Waals surface area contributed by atoms with Crippen molar-refractivity contribution in [3.8, 4) is 22.9 Å². The summed E-state index contributed by atoms with van der Waals surface area (Å²) in [5.74, 6) is 1.80. The Balaban J connectivity index is 1.53. The average Bonchev–Trinajstić information content (AvgIpc) is 3.34. The number of hydrogen-bond donors (Lipinski definition) is 0. The van der Waals surface area contributed by atoms with Crippen LogP contribution in [0, 0.1) is 0 Å². The number of amides is 1. The molecule has 9 heteroatoms. The summed E-state index contributed by atoms with van der Waals surface area (Å²) in [5.41, 5.74) is 2.13. The number of carbonyl (C=O) groups excluding carboxylic acids is 1. The van der Waals surface area contributed by atoms with Gasteiger partial charge in [-0.15, -0.1) is 0 Å². The summed E-state index contributed by atoms with van der Waals surface area (Å²) in [6.45, 7) is 0.756. The number of benzene rings is 3. The van der Waals surface area contributed by atoms with Gasteiger partial charge in [0.05, 0.1) is 14.2 Å². The van der Waals surface area contributed by atoms with Gasteiger partial charge in [-0.2, -0.15) is 4.98 Å². The molecule has 0 fully saturated rings. The van der Waals surface area contributed by atoms with Gasteiger partial charge >= 0.3 is 0 Å². The molecule has 4 aromatic rings. The highest BCUT2D eigenvalue weighted by Gasteiger charge is 2.19. The minimum atomic E-state index is -0.196. The van der Waals surface area contributed by atoms with Crippen LogP contribution in [0.4, 0.5) is 0 Å². The van der Waals surface area contributed by atoms with Crippen molar-refractivity contribution in [2.24, 2.45) is 0 Å². The zero-order valence-corrected chi connectivity index (χ0v) is 20.7. The smallest absolute Gasteiger partial charge is 0.254 e. The third kappa shape index (κ3) is 6.12. The molecule has 4 rings (SSSR count). The van der Waals surface area contributed by atoms with Crippen LogP contribution in [0.3, 0.4) is 0 Å². The van der Waals surface area contributed by atoms with Crippen molar-refractivity contribution >= 4 is 29.1 Å². The number of hydrogen-bond acceptors (Lipinski definition) is 6. The molecule has 1 heterocycles. The molecule has 1 amide bonds. The van der Waals surface area contributed by atoms with E-state index in [4.69, 9.17) is 37.2 Å². The Morgan fingerprint density at radius 3 is 2.34 bits per heavy atom. The third-order valence-corrected chi connectivity index (χ3v) is 5.75. The van der Waals surface area contributed by atoms with Crippen molar-refractivity contribution in [3.05, 3.63) is 93.8 Å². The first kappa shape index (κ1) is 24.6. The van der Waals surface area contributed by atoms with E-state index in [0.29, 0.717) is 58.3 Å². The Morgan fingerprint density at radius 1 is 0.943 bits per heavy atom. The van der Waals surface area contributed by atoms with E-state index in [2.05, 4.69) is 10.1 Å². The topological polar surface area (TPSA) is 77.7 Å². The molecule has 35 heavy (non-hydrogen) atoms. The monoisotopic (exact) mass is 511 g/mol. The van der Waals surface area contributed by atoms with Crippen LogP contribution >= 0.6 is 23.2 Å². The molecule has 0 unspecified atom stereocenters. The largest absolute Gasteiger partial charge is 0.493 e. The minimum Gasteiger partial charge on any atom is -0.493 e. The highest BCUT2D eigenvalue weighted by Crippen LogP contribution is 2.31. The van der Waals surface area contributed by atoms with Crippen LogP contribution in [-0.2, 0) is 13.0 Å². The van der Waals surface area contributed by atoms with E-state index in [1.165, 1.54) is 0 Å².